The van der Waals surface area contributed by atoms with Crippen molar-refractivity contribution in [2.24, 2.45) is 17.8 Å². The second kappa shape index (κ2) is 5.03. The van der Waals surface area contributed by atoms with Gasteiger partial charge in [0.2, 0.25) is 0 Å². The smallest absolute Gasteiger partial charge is 0.390 e. The van der Waals surface area contributed by atoms with Crippen LogP contribution in [0.5, 0.6) is 0 Å². The molecule has 2 unspecified atom stereocenters. The highest BCUT2D eigenvalue weighted by Gasteiger charge is 2.49. The molecule has 4 heteroatoms. The molecule has 0 aliphatic heterocycles. The van der Waals surface area contributed by atoms with Crippen LogP contribution in [0.1, 0.15) is 58.3 Å². The summed E-state index contributed by atoms with van der Waals surface area (Å²) >= 11 is 0. The van der Waals surface area contributed by atoms with Gasteiger partial charge in [0, 0.05) is 0 Å². The van der Waals surface area contributed by atoms with E-state index in [1.807, 2.05) is 0 Å². The first-order valence-electron chi connectivity index (χ1n) is 7.10. The molecule has 0 saturated heterocycles. The van der Waals surface area contributed by atoms with Crippen LogP contribution in [0.2, 0.25) is 0 Å². The van der Waals surface area contributed by atoms with Crippen molar-refractivity contribution in [2.45, 2.75) is 70.1 Å². The fourth-order valence-electron chi connectivity index (χ4n) is 3.73. The lowest BCUT2D eigenvalue weighted by atomic mass is 9.66. The maximum atomic E-state index is 12.8. The zero-order valence-corrected chi connectivity index (χ0v) is 11.0. The monoisotopic (exact) mass is 264 g/mol. The van der Waals surface area contributed by atoms with E-state index in [1.54, 1.807) is 0 Å². The van der Waals surface area contributed by atoms with E-state index >= 15 is 0 Å². The first-order chi connectivity index (χ1) is 8.31. The van der Waals surface area contributed by atoms with E-state index in [9.17, 15) is 18.3 Å². The largest absolute Gasteiger partial charge is 0.391 e. The quantitative estimate of drug-likeness (QED) is 0.748. The minimum atomic E-state index is -4.14. The maximum absolute atomic E-state index is 12.8. The molecule has 0 aromatic heterocycles. The van der Waals surface area contributed by atoms with Gasteiger partial charge in [0.15, 0.2) is 0 Å². The van der Waals surface area contributed by atoms with Gasteiger partial charge in [0.05, 0.1) is 11.5 Å². The molecule has 2 aliphatic carbocycles. The van der Waals surface area contributed by atoms with Crippen molar-refractivity contribution in [1.29, 1.82) is 0 Å². The molecule has 2 rings (SSSR count). The van der Waals surface area contributed by atoms with Crippen LogP contribution in [0.4, 0.5) is 13.2 Å². The Labute approximate surface area is 107 Å². The Bertz CT molecular complexity index is 281. The molecule has 2 saturated carbocycles. The van der Waals surface area contributed by atoms with Crippen molar-refractivity contribution in [1.82, 2.24) is 0 Å². The summed E-state index contributed by atoms with van der Waals surface area (Å²) in [5.41, 5.74) is -1.06. The van der Waals surface area contributed by atoms with Crippen LogP contribution in [0.3, 0.4) is 0 Å². The molecule has 1 nitrogen and oxygen atoms in total. The summed E-state index contributed by atoms with van der Waals surface area (Å²) in [6, 6.07) is 0. The molecule has 1 N–H and O–H groups in total. The van der Waals surface area contributed by atoms with E-state index in [4.69, 9.17) is 0 Å². The normalized spacial score (nSPS) is 42.8. The third-order valence-corrected chi connectivity index (χ3v) is 5.00. The van der Waals surface area contributed by atoms with E-state index in [1.165, 1.54) is 0 Å². The topological polar surface area (TPSA) is 20.2 Å². The van der Waals surface area contributed by atoms with Gasteiger partial charge in [-0.3, -0.25) is 0 Å². The van der Waals surface area contributed by atoms with E-state index in [0.717, 1.165) is 25.7 Å². The van der Waals surface area contributed by atoms with Crippen molar-refractivity contribution in [3.63, 3.8) is 0 Å². The fraction of sp³-hybridized carbons (Fsp3) is 1.00. The van der Waals surface area contributed by atoms with E-state index in [-0.39, 0.29) is 18.8 Å². The van der Waals surface area contributed by atoms with Gasteiger partial charge < -0.3 is 5.11 Å². The van der Waals surface area contributed by atoms with Gasteiger partial charge in [-0.2, -0.15) is 13.2 Å². The zero-order valence-electron chi connectivity index (χ0n) is 11.0. The highest BCUT2D eigenvalue weighted by atomic mass is 19.4. The first kappa shape index (κ1) is 14.2. The number of rotatable bonds is 1. The van der Waals surface area contributed by atoms with Gasteiger partial charge in [-0.05, 0) is 50.4 Å². The van der Waals surface area contributed by atoms with Crippen LogP contribution in [-0.4, -0.2) is 16.9 Å². The first-order valence-corrected chi connectivity index (χ1v) is 7.10. The van der Waals surface area contributed by atoms with Crippen molar-refractivity contribution in [3.8, 4) is 0 Å². The second-order valence-electron chi connectivity index (χ2n) is 6.40. The highest BCUT2D eigenvalue weighted by Crippen LogP contribution is 2.48. The van der Waals surface area contributed by atoms with Crippen LogP contribution in [0, 0.1) is 17.8 Å². The molecule has 0 amide bonds. The lowest BCUT2D eigenvalue weighted by Gasteiger charge is -2.45. The van der Waals surface area contributed by atoms with Gasteiger partial charge >= 0.3 is 6.18 Å². The predicted molar refractivity (Wildman–Crippen MR) is 64.1 cm³/mol. The predicted octanol–water partition coefficient (Wildman–Crippen LogP) is 4.30. The molecule has 0 heterocycles. The van der Waals surface area contributed by atoms with Gasteiger partial charge in [-0.25, -0.2) is 0 Å². The number of halogens is 3. The number of hydrogen-bond donors (Lipinski definition) is 1. The van der Waals surface area contributed by atoms with E-state index < -0.39 is 17.7 Å². The SMILES string of the molecule is CC1CCC(C2(O)CCCC(C(F)(F)F)C2)CC1. The second-order valence-corrected chi connectivity index (χ2v) is 6.40. The molecule has 106 valence electrons. The third kappa shape index (κ3) is 3.01. The van der Waals surface area contributed by atoms with Crippen molar-refractivity contribution in [3.05, 3.63) is 0 Å². The van der Waals surface area contributed by atoms with Crippen molar-refractivity contribution in [2.75, 3.05) is 0 Å². The summed E-state index contributed by atoms with van der Waals surface area (Å²) in [6.45, 7) is 2.18. The molecule has 0 bridgehead atoms. The highest BCUT2D eigenvalue weighted by molar-refractivity contribution is 4.95. The minimum Gasteiger partial charge on any atom is -0.390 e. The van der Waals surface area contributed by atoms with Gasteiger partial charge in [-0.1, -0.05) is 19.8 Å². The Morgan fingerprint density at radius 1 is 1.06 bits per heavy atom. The molecule has 2 fully saturated rings. The van der Waals surface area contributed by atoms with Crippen molar-refractivity contribution >= 4 is 0 Å². The van der Waals surface area contributed by atoms with Crippen LogP contribution < -0.4 is 0 Å². The molecular formula is C14H23F3O. The van der Waals surface area contributed by atoms with Gasteiger partial charge in [0.1, 0.15) is 0 Å². The van der Waals surface area contributed by atoms with Gasteiger partial charge in [0.25, 0.3) is 0 Å². The minimum absolute atomic E-state index is 0.0739. The number of aliphatic hydroxyl groups is 1. The van der Waals surface area contributed by atoms with E-state index in [0.29, 0.717) is 18.8 Å². The summed E-state index contributed by atoms with van der Waals surface area (Å²) in [6.07, 6.45) is 0.907. The molecule has 0 radical (unpaired) electrons. The number of alkyl halides is 3. The van der Waals surface area contributed by atoms with Crippen LogP contribution in [0.15, 0.2) is 0 Å². The lowest BCUT2D eigenvalue weighted by Crippen LogP contribution is -2.46. The Kier molecular flexibility index (Phi) is 3.96. The molecule has 2 atom stereocenters. The van der Waals surface area contributed by atoms with Crippen LogP contribution in [0.25, 0.3) is 0 Å². The Morgan fingerprint density at radius 2 is 1.67 bits per heavy atom. The molecule has 18 heavy (non-hydrogen) atoms. The molecule has 2 aliphatic rings. The summed E-state index contributed by atoms with van der Waals surface area (Å²) < 4.78 is 38.4. The summed E-state index contributed by atoms with van der Waals surface area (Å²) in [4.78, 5) is 0. The Hall–Kier alpha value is -0.250. The zero-order chi connectivity index (χ0) is 13.4. The summed E-state index contributed by atoms with van der Waals surface area (Å²) in [5, 5.41) is 10.6. The summed E-state index contributed by atoms with van der Waals surface area (Å²) in [7, 11) is 0. The Balaban J connectivity index is 2.01. The molecule has 0 aromatic carbocycles. The third-order valence-electron chi connectivity index (χ3n) is 5.00. The molecule has 0 spiro atoms. The van der Waals surface area contributed by atoms with E-state index in [2.05, 4.69) is 6.92 Å². The number of hydrogen-bond acceptors (Lipinski definition) is 1. The fourth-order valence-corrected chi connectivity index (χ4v) is 3.73. The Morgan fingerprint density at radius 3 is 2.22 bits per heavy atom. The summed E-state index contributed by atoms with van der Waals surface area (Å²) in [5.74, 6) is -0.554. The lowest BCUT2D eigenvalue weighted by molar-refractivity contribution is -0.208. The average Bonchev–Trinajstić information content (AvgIpc) is 2.28. The van der Waals surface area contributed by atoms with Gasteiger partial charge in [-0.15, -0.1) is 0 Å². The average molecular weight is 264 g/mol. The maximum Gasteiger partial charge on any atom is 0.391 e. The van der Waals surface area contributed by atoms with Crippen LogP contribution >= 0.6 is 0 Å². The molecule has 0 aromatic rings. The molecular weight excluding hydrogens is 241 g/mol. The van der Waals surface area contributed by atoms with Crippen LogP contribution in [-0.2, 0) is 0 Å². The standard InChI is InChI=1S/C14H23F3O/c1-10-4-6-11(7-5-10)13(18)8-2-3-12(9-13)14(15,16)17/h10-12,18H,2-9H2,1H3. The van der Waals surface area contributed by atoms with Crippen molar-refractivity contribution < 1.29 is 18.3 Å².